The Kier molecular flexibility index (Phi) is 5.00. The van der Waals surface area contributed by atoms with Gasteiger partial charge in [0.05, 0.1) is 42.6 Å². The zero-order valence-corrected chi connectivity index (χ0v) is 14.9. The predicted molar refractivity (Wildman–Crippen MR) is 97.5 cm³/mol. The highest BCUT2D eigenvalue weighted by atomic mass is 32.1. The molecule has 8 nitrogen and oxygen atoms in total. The van der Waals surface area contributed by atoms with Gasteiger partial charge >= 0.3 is 0 Å². The minimum Gasteiger partial charge on any atom is -0.379 e. The summed E-state index contributed by atoms with van der Waals surface area (Å²) in [5.41, 5.74) is 2.15. The van der Waals surface area contributed by atoms with Gasteiger partial charge in [-0.25, -0.2) is 9.67 Å². The number of ether oxygens (including phenoxy) is 1. The maximum Gasteiger partial charge on any atom is 0.259 e. The van der Waals surface area contributed by atoms with Crippen LogP contribution in [0.1, 0.15) is 16.1 Å². The number of anilines is 1. The van der Waals surface area contributed by atoms with Crippen molar-refractivity contribution in [3.8, 4) is 5.69 Å². The van der Waals surface area contributed by atoms with E-state index in [1.807, 2.05) is 23.6 Å². The molecule has 3 aromatic rings. The molecule has 0 spiro atoms. The third-order valence-corrected chi connectivity index (χ3v) is 4.89. The minimum atomic E-state index is -0.219. The minimum absolute atomic E-state index is 0.219. The van der Waals surface area contributed by atoms with Crippen molar-refractivity contribution in [1.82, 2.24) is 24.9 Å². The number of morpholine rings is 1. The van der Waals surface area contributed by atoms with Gasteiger partial charge in [0, 0.05) is 25.0 Å². The number of rotatable bonds is 5. The second kappa shape index (κ2) is 7.73. The summed E-state index contributed by atoms with van der Waals surface area (Å²) in [6, 6.07) is 7.27. The van der Waals surface area contributed by atoms with Crippen LogP contribution in [0, 0.1) is 0 Å². The molecular formula is C17H18N6O2S. The number of nitrogens with one attached hydrogen (secondary N) is 1. The highest BCUT2D eigenvalue weighted by Gasteiger charge is 2.16. The molecule has 1 aliphatic rings. The van der Waals surface area contributed by atoms with Crippen LogP contribution in [0.15, 0.2) is 42.0 Å². The summed E-state index contributed by atoms with van der Waals surface area (Å²) in [5.74, 6) is -0.219. The van der Waals surface area contributed by atoms with Crippen molar-refractivity contribution < 1.29 is 9.53 Å². The van der Waals surface area contributed by atoms with Crippen LogP contribution in [-0.2, 0) is 11.3 Å². The lowest BCUT2D eigenvalue weighted by molar-refractivity contribution is 0.0337. The number of amides is 1. The van der Waals surface area contributed by atoms with E-state index in [1.54, 1.807) is 23.1 Å². The van der Waals surface area contributed by atoms with Gasteiger partial charge in [0.1, 0.15) is 0 Å². The molecular weight excluding hydrogens is 352 g/mol. The smallest absolute Gasteiger partial charge is 0.259 e. The molecule has 0 radical (unpaired) electrons. The number of carbonyl (C=O) groups excluding carboxylic acids is 1. The second-order valence-corrected chi connectivity index (χ2v) is 6.71. The largest absolute Gasteiger partial charge is 0.379 e. The summed E-state index contributed by atoms with van der Waals surface area (Å²) >= 11 is 1.43. The highest BCUT2D eigenvalue weighted by molar-refractivity contribution is 7.14. The molecule has 0 saturated carbocycles. The Morgan fingerprint density at radius 2 is 2.12 bits per heavy atom. The molecule has 0 unspecified atom stereocenters. The van der Waals surface area contributed by atoms with Crippen molar-refractivity contribution in [2.75, 3.05) is 31.6 Å². The van der Waals surface area contributed by atoms with E-state index in [0.717, 1.165) is 38.5 Å². The molecule has 0 atom stereocenters. The van der Waals surface area contributed by atoms with Crippen LogP contribution in [0.3, 0.4) is 0 Å². The molecule has 26 heavy (non-hydrogen) atoms. The van der Waals surface area contributed by atoms with Crippen LogP contribution in [0.4, 0.5) is 5.13 Å². The van der Waals surface area contributed by atoms with Gasteiger partial charge in [-0.05, 0) is 12.1 Å². The maximum absolute atomic E-state index is 12.7. The Labute approximate surface area is 154 Å². The van der Waals surface area contributed by atoms with Crippen molar-refractivity contribution in [1.29, 1.82) is 0 Å². The van der Waals surface area contributed by atoms with Crippen molar-refractivity contribution in [3.05, 3.63) is 53.3 Å². The molecule has 0 aliphatic carbocycles. The number of carbonyl (C=O) groups is 1. The van der Waals surface area contributed by atoms with Gasteiger partial charge in [-0.15, -0.1) is 16.4 Å². The average molecular weight is 370 g/mol. The first kappa shape index (κ1) is 16.8. The zero-order valence-electron chi connectivity index (χ0n) is 14.0. The molecule has 2 aromatic heterocycles. The van der Waals surface area contributed by atoms with Crippen molar-refractivity contribution >= 4 is 22.4 Å². The van der Waals surface area contributed by atoms with Gasteiger partial charge in [-0.1, -0.05) is 17.3 Å². The Balaban J connectivity index is 1.46. The van der Waals surface area contributed by atoms with Crippen molar-refractivity contribution in [3.63, 3.8) is 0 Å². The SMILES string of the molecule is O=C(Nc1nc(CN2CCOCC2)cs1)c1ccccc1-n1ccnn1. The van der Waals surface area contributed by atoms with E-state index < -0.39 is 0 Å². The Bertz CT molecular complexity index is 873. The molecule has 134 valence electrons. The summed E-state index contributed by atoms with van der Waals surface area (Å²) in [6.07, 6.45) is 3.28. The summed E-state index contributed by atoms with van der Waals surface area (Å²) in [4.78, 5) is 19.5. The third kappa shape index (κ3) is 3.79. The van der Waals surface area contributed by atoms with E-state index in [2.05, 4.69) is 25.5 Å². The van der Waals surface area contributed by atoms with E-state index in [0.29, 0.717) is 16.4 Å². The van der Waals surface area contributed by atoms with Crippen LogP contribution in [0.25, 0.3) is 5.69 Å². The monoisotopic (exact) mass is 370 g/mol. The Hall–Kier alpha value is -2.62. The lowest BCUT2D eigenvalue weighted by Gasteiger charge is -2.25. The zero-order chi connectivity index (χ0) is 17.8. The first-order chi connectivity index (χ1) is 12.8. The van der Waals surface area contributed by atoms with Gasteiger partial charge in [0.2, 0.25) is 0 Å². The van der Waals surface area contributed by atoms with Crippen LogP contribution in [0.2, 0.25) is 0 Å². The number of hydrogen-bond donors (Lipinski definition) is 1. The molecule has 1 saturated heterocycles. The summed E-state index contributed by atoms with van der Waals surface area (Å²) in [6.45, 7) is 4.10. The number of para-hydroxylation sites is 1. The molecule has 4 rings (SSSR count). The second-order valence-electron chi connectivity index (χ2n) is 5.85. The van der Waals surface area contributed by atoms with Gasteiger partial charge in [-0.2, -0.15) is 0 Å². The van der Waals surface area contributed by atoms with E-state index in [9.17, 15) is 4.79 Å². The van der Waals surface area contributed by atoms with Gasteiger partial charge in [0.15, 0.2) is 5.13 Å². The standard InChI is InChI=1S/C17H18N6O2S/c24-16(14-3-1-2-4-15(14)23-6-5-18-21-23)20-17-19-13(12-26-17)11-22-7-9-25-10-8-22/h1-6,12H,7-11H2,(H,19,20,24). The van der Waals surface area contributed by atoms with Crippen molar-refractivity contribution in [2.24, 2.45) is 0 Å². The third-order valence-electron chi connectivity index (χ3n) is 4.08. The molecule has 9 heteroatoms. The quantitative estimate of drug-likeness (QED) is 0.737. The number of thiazole rings is 1. The van der Waals surface area contributed by atoms with Gasteiger partial charge in [0.25, 0.3) is 5.91 Å². The van der Waals surface area contributed by atoms with E-state index in [1.165, 1.54) is 11.3 Å². The van der Waals surface area contributed by atoms with E-state index >= 15 is 0 Å². The summed E-state index contributed by atoms with van der Waals surface area (Å²) in [5, 5.41) is 13.2. The van der Waals surface area contributed by atoms with Crippen LogP contribution >= 0.6 is 11.3 Å². The fourth-order valence-electron chi connectivity index (χ4n) is 2.79. The molecule has 1 amide bonds. The molecule has 1 aromatic carbocycles. The lowest BCUT2D eigenvalue weighted by Crippen LogP contribution is -2.35. The number of nitrogens with zero attached hydrogens (tertiary/aromatic N) is 5. The van der Waals surface area contributed by atoms with Crippen LogP contribution < -0.4 is 5.32 Å². The number of hydrogen-bond acceptors (Lipinski definition) is 7. The van der Waals surface area contributed by atoms with Crippen LogP contribution in [-0.4, -0.2) is 57.1 Å². The first-order valence-electron chi connectivity index (χ1n) is 8.31. The normalized spacial score (nSPS) is 15.1. The fraction of sp³-hybridized carbons (Fsp3) is 0.294. The molecule has 1 aliphatic heterocycles. The van der Waals surface area contributed by atoms with E-state index in [4.69, 9.17) is 4.74 Å². The fourth-order valence-corrected chi connectivity index (χ4v) is 3.49. The molecule has 3 heterocycles. The van der Waals surface area contributed by atoms with Gasteiger partial charge in [-0.3, -0.25) is 15.0 Å². The number of aromatic nitrogens is 4. The molecule has 1 N–H and O–H groups in total. The Morgan fingerprint density at radius 1 is 1.27 bits per heavy atom. The topological polar surface area (TPSA) is 85.2 Å². The molecule has 1 fully saturated rings. The summed E-state index contributed by atoms with van der Waals surface area (Å²) < 4.78 is 6.93. The molecule has 0 bridgehead atoms. The highest BCUT2D eigenvalue weighted by Crippen LogP contribution is 2.20. The Morgan fingerprint density at radius 3 is 2.92 bits per heavy atom. The number of benzene rings is 1. The van der Waals surface area contributed by atoms with E-state index in [-0.39, 0.29) is 5.91 Å². The maximum atomic E-state index is 12.7. The average Bonchev–Trinajstić information content (AvgIpc) is 3.35. The van der Waals surface area contributed by atoms with Gasteiger partial charge < -0.3 is 4.74 Å². The summed E-state index contributed by atoms with van der Waals surface area (Å²) in [7, 11) is 0. The van der Waals surface area contributed by atoms with Crippen molar-refractivity contribution in [2.45, 2.75) is 6.54 Å². The van der Waals surface area contributed by atoms with Crippen LogP contribution in [0.5, 0.6) is 0 Å². The lowest BCUT2D eigenvalue weighted by atomic mass is 10.1. The first-order valence-corrected chi connectivity index (χ1v) is 9.19. The predicted octanol–water partition coefficient (Wildman–Crippen LogP) is 1.81.